The second-order valence-corrected chi connectivity index (χ2v) is 13.6. The zero-order valence-corrected chi connectivity index (χ0v) is 24.4. The first kappa shape index (κ1) is 30.2. The third-order valence-electron chi connectivity index (χ3n) is 6.96. The van der Waals surface area contributed by atoms with Crippen LogP contribution in [-0.2, 0) is 24.3 Å². The molecule has 0 bridgehead atoms. The van der Waals surface area contributed by atoms with Gasteiger partial charge in [-0.05, 0) is 44.4 Å². The van der Waals surface area contributed by atoms with E-state index in [1.165, 1.54) is 22.3 Å². The Kier molecular flexibility index (Phi) is 7.77. The smallest absolute Gasteiger partial charge is 0.328 e. The van der Waals surface area contributed by atoms with Gasteiger partial charge in [0, 0.05) is 29.1 Å². The van der Waals surface area contributed by atoms with Crippen molar-refractivity contribution in [1.82, 2.24) is 13.9 Å². The van der Waals surface area contributed by atoms with Gasteiger partial charge in [0.15, 0.2) is 5.72 Å². The van der Waals surface area contributed by atoms with Crippen molar-refractivity contribution < 1.29 is 34.2 Å². The van der Waals surface area contributed by atoms with E-state index in [4.69, 9.17) is 21.5 Å². The third-order valence-corrected chi connectivity index (χ3v) is 10.2. The van der Waals surface area contributed by atoms with Crippen LogP contribution >= 0.6 is 11.6 Å². The van der Waals surface area contributed by atoms with Crippen LogP contribution in [0.25, 0.3) is 22.2 Å². The van der Waals surface area contributed by atoms with Crippen molar-refractivity contribution in [2.24, 2.45) is 5.73 Å². The summed E-state index contributed by atoms with van der Waals surface area (Å²) in [7, 11) is -10.1. The number of para-hydroxylation sites is 1. The number of alkyl halides is 3. The number of aromatic nitrogens is 3. The highest BCUT2D eigenvalue weighted by Gasteiger charge is 2.53. The molecule has 5 rings (SSSR count). The summed E-state index contributed by atoms with van der Waals surface area (Å²) in [6.45, 7) is 1.57. The van der Waals surface area contributed by atoms with Crippen molar-refractivity contribution in [2.75, 3.05) is 5.32 Å². The van der Waals surface area contributed by atoms with Gasteiger partial charge < -0.3 is 11.1 Å². The lowest BCUT2D eigenvalue weighted by Crippen LogP contribution is -2.52. The molecule has 1 aliphatic rings. The number of nitrogens with two attached hydrogens (primary N) is 1. The number of halogens is 4. The molecular formula is C26H25ClF3N5O5S2. The average molecular weight is 644 g/mol. The Hall–Kier alpha value is -3.24. The molecule has 16 heteroatoms. The fraction of sp³-hybridized carbons (Fsp3) is 0.308. The molecular weight excluding hydrogens is 619 g/mol. The molecule has 1 saturated carbocycles. The number of rotatable bonds is 7. The summed E-state index contributed by atoms with van der Waals surface area (Å²) in [4.78, 5) is 8.53. The Morgan fingerprint density at radius 2 is 1.76 bits per heavy atom. The van der Waals surface area contributed by atoms with E-state index in [2.05, 4.69) is 15.3 Å². The first-order chi connectivity index (χ1) is 19.7. The molecule has 42 heavy (non-hydrogen) atoms. The highest BCUT2D eigenvalue weighted by atomic mass is 35.5. The number of hydrogen-bond donors (Lipinski definition) is 2. The summed E-state index contributed by atoms with van der Waals surface area (Å²) in [6.07, 6.45) is 1.48. The second kappa shape index (κ2) is 10.8. The predicted molar refractivity (Wildman–Crippen MR) is 151 cm³/mol. The number of anilines is 1. The van der Waals surface area contributed by atoms with E-state index in [1.54, 1.807) is 49.4 Å². The van der Waals surface area contributed by atoms with Crippen molar-refractivity contribution in [1.29, 1.82) is 0 Å². The van der Waals surface area contributed by atoms with E-state index >= 15 is 0 Å². The van der Waals surface area contributed by atoms with E-state index in [0.29, 0.717) is 22.9 Å². The largest absolute Gasteiger partial charge is 0.523 e. The molecule has 0 aliphatic heterocycles. The van der Waals surface area contributed by atoms with Gasteiger partial charge in [-0.15, -0.1) is 0 Å². The summed E-state index contributed by atoms with van der Waals surface area (Å²) in [5, 5.41) is 3.13. The lowest BCUT2D eigenvalue weighted by atomic mass is 9.88. The van der Waals surface area contributed by atoms with Crippen molar-refractivity contribution in [2.45, 2.75) is 54.8 Å². The maximum Gasteiger partial charge on any atom is 0.523 e. The molecule has 0 radical (unpaired) electrons. The Morgan fingerprint density at radius 1 is 1.10 bits per heavy atom. The fourth-order valence-corrected chi connectivity index (χ4v) is 7.67. The lowest BCUT2D eigenvalue weighted by Gasteiger charge is -2.39. The van der Waals surface area contributed by atoms with Crippen molar-refractivity contribution >= 4 is 48.6 Å². The van der Waals surface area contributed by atoms with Crippen LogP contribution in [0.5, 0.6) is 0 Å². The maximum absolute atomic E-state index is 13.7. The van der Waals surface area contributed by atoms with Crippen LogP contribution in [-0.4, -0.2) is 48.1 Å². The summed E-state index contributed by atoms with van der Waals surface area (Å²) < 4.78 is 97.2. The molecule has 1 fully saturated rings. The predicted octanol–water partition coefficient (Wildman–Crippen LogP) is 5.17. The SMILES string of the molecule is Cc1c(-c2nc(N[C@@]3(OS(=O)(=O)C(F)(F)F)CCC[C@@H](N)C3)ncc2Cl)c2ccccc2n1S(=O)(=O)c1ccccc1. The third kappa shape index (κ3) is 5.46. The van der Waals surface area contributed by atoms with Gasteiger partial charge in [0.25, 0.3) is 10.0 Å². The number of nitrogens with zero attached hydrogens (tertiary/aromatic N) is 3. The molecule has 3 N–H and O–H groups in total. The highest BCUT2D eigenvalue weighted by Crippen LogP contribution is 2.41. The Balaban J connectivity index is 1.64. The standard InChI is InChI=1S/C26H25ClF3N5O5S2/c1-16-22(19-11-5-6-12-21(19)35(16)41(36,37)18-9-3-2-4-10-18)23-20(27)15-32-24(33-23)34-25(13-7-8-17(31)14-25)40-42(38,39)26(28,29)30/h2-6,9-12,15,17H,7-8,13-14,31H2,1H3,(H,32,33,34)/t17-,25-/m1/s1. The van der Waals surface area contributed by atoms with Gasteiger partial charge in [0.1, 0.15) is 0 Å². The summed E-state index contributed by atoms with van der Waals surface area (Å²) in [5.74, 6) is -0.289. The quantitative estimate of drug-likeness (QED) is 0.158. The van der Waals surface area contributed by atoms with Gasteiger partial charge >= 0.3 is 15.6 Å². The normalized spacial score (nSPS) is 20.1. The molecule has 2 aromatic carbocycles. The molecule has 2 atom stereocenters. The van der Waals surface area contributed by atoms with Crippen LogP contribution in [0.1, 0.15) is 31.4 Å². The minimum Gasteiger partial charge on any atom is -0.328 e. The molecule has 224 valence electrons. The zero-order chi connectivity index (χ0) is 30.5. The Labute approximate surface area is 244 Å². The van der Waals surface area contributed by atoms with Crippen LogP contribution in [0.3, 0.4) is 0 Å². The number of hydrogen-bond acceptors (Lipinski definition) is 9. The molecule has 0 amide bonds. The van der Waals surface area contributed by atoms with E-state index < -0.39 is 37.4 Å². The molecule has 0 saturated heterocycles. The van der Waals surface area contributed by atoms with Gasteiger partial charge in [-0.25, -0.2) is 26.5 Å². The molecule has 4 aromatic rings. The summed E-state index contributed by atoms with van der Waals surface area (Å²) in [6, 6.07) is 13.8. The molecule has 2 aromatic heterocycles. The van der Waals surface area contributed by atoms with E-state index in [1.807, 2.05) is 0 Å². The lowest BCUT2D eigenvalue weighted by molar-refractivity contribution is -0.0669. The number of benzene rings is 2. The van der Waals surface area contributed by atoms with Crippen LogP contribution in [0, 0.1) is 6.92 Å². The molecule has 10 nitrogen and oxygen atoms in total. The van der Waals surface area contributed by atoms with E-state index in [0.717, 1.165) is 0 Å². The molecule has 0 unspecified atom stereocenters. The van der Waals surface area contributed by atoms with Gasteiger partial charge in [-0.3, -0.25) is 0 Å². The highest BCUT2D eigenvalue weighted by molar-refractivity contribution is 7.90. The van der Waals surface area contributed by atoms with Gasteiger partial charge in [0.05, 0.1) is 27.3 Å². The molecule has 2 heterocycles. The van der Waals surface area contributed by atoms with Gasteiger partial charge in [-0.1, -0.05) is 48.0 Å². The maximum atomic E-state index is 13.7. The summed E-state index contributed by atoms with van der Waals surface area (Å²) in [5.41, 5.74) is -0.760. The van der Waals surface area contributed by atoms with Crippen molar-refractivity contribution in [3.63, 3.8) is 0 Å². The minimum atomic E-state index is -6.01. The first-order valence-corrected chi connectivity index (χ1v) is 15.9. The Bertz CT molecular complexity index is 1870. The van der Waals surface area contributed by atoms with Crippen molar-refractivity contribution in [3.8, 4) is 11.3 Å². The number of fused-ring (bicyclic) bond motifs is 1. The second-order valence-electron chi connectivity index (χ2n) is 9.91. The minimum absolute atomic E-state index is 0.0156. The average Bonchev–Trinajstić information content (AvgIpc) is 3.21. The van der Waals surface area contributed by atoms with E-state index in [-0.39, 0.29) is 46.5 Å². The molecule has 0 spiro atoms. The van der Waals surface area contributed by atoms with Crippen LogP contribution in [0.2, 0.25) is 5.02 Å². The van der Waals surface area contributed by atoms with Gasteiger partial charge in [0.2, 0.25) is 5.95 Å². The van der Waals surface area contributed by atoms with Crippen LogP contribution in [0.4, 0.5) is 19.1 Å². The zero-order valence-electron chi connectivity index (χ0n) is 22.0. The Morgan fingerprint density at radius 3 is 2.43 bits per heavy atom. The monoisotopic (exact) mass is 643 g/mol. The topological polar surface area (TPSA) is 146 Å². The van der Waals surface area contributed by atoms with Crippen LogP contribution in [0.15, 0.2) is 65.7 Å². The molecule has 1 aliphatic carbocycles. The fourth-order valence-electron chi connectivity index (χ4n) is 5.20. The summed E-state index contributed by atoms with van der Waals surface area (Å²) >= 11 is 6.50. The van der Waals surface area contributed by atoms with Crippen LogP contribution < -0.4 is 11.1 Å². The van der Waals surface area contributed by atoms with Gasteiger partial charge in [-0.2, -0.15) is 21.6 Å². The first-order valence-electron chi connectivity index (χ1n) is 12.6. The number of nitrogens with one attached hydrogen (secondary N) is 1. The van der Waals surface area contributed by atoms with E-state index in [9.17, 15) is 30.0 Å². The van der Waals surface area contributed by atoms with Crippen molar-refractivity contribution in [3.05, 3.63) is 71.5 Å².